The largest absolute Gasteiger partial charge is 0.480 e. The van der Waals surface area contributed by atoms with Gasteiger partial charge in [0, 0.05) is 111 Å². The van der Waals surface area contributed by atoms with E-state index >= 15 is 0 Å². The van der Waals surface area contributed by atoms with Crippen molar-refractivity contribution in [2.24, 2.45) is 34.5 Å². The standard InChI is InChI=1S/C41H66N4O9.Gd/c1-40-13-11-31(46)25-30(40)7-8-32-33-9-10-35(41(33,2)14-12-34(32)40)36(47)29-54-24-6-4-3-5-15-42-16-18-43(26-37(48)49)20-22-45(28-39(52)53)23-21-44(19-17-42)27-38(50)51;/h25,32-35H,3-24,26-29H2,1-2H3,(H,48,49)(H,50,51)(H,52,53);/t32?,33?,34?,35-,40+,41+;/m1./s1. The molecule has 14 heteroatoms. The number of rotatable bonds is 16. The van der Waals surface area contributed by atoms with Crippen molar-refractivity contribution >= 4 is 29.5 Å². The normalized spacial score (nSPS) is 31.5. The number of carboxylic acid groups (broad SMARTS) is 3. The van der Waals surface area contributed by atoms with Gasteiger partial charge in [0.2, 0.25) is 0 Å². The summed E-state index contributed by atoms with van der Waals surface area (Å²) in [7, 11) is 0. The summed E-state index contributed by atoms with van der Waals surface area (Å²) in [6.07, 6.45) is 13.9. The Balaban J connectivity index is 0.00000673. The van der Waals surface area contributed by atoms with Gasteiger partial charge in [-0.05, 0) is 99.0 Å². The van der Waals surface area contributed by atoms with Gasteiger partial charge in [0.25, 0.3) is 0 Å². The minimum atomic E-state index is -0.969. The Morgan fingerprint density at radius 2 is 1.24 bits per heavy atom. The minimum absolute atomic E-state index is 0. The summed E-state index contributed by atoms with van der Waals surface area (Å²) in [5.41, 5.74) is 1.58. The maximum Gasteiger partial charge on any atom is 0.317 e. The van der Waals surface area contributed by atoms with Crippen LogP contribution in [0.5, 0.6) is 0 Å². The smallest absolute Gasteiger partial charge is 0.317 e. The summed E-state index contributed by atoms with van der Waals surface area (Å²) < 4.78 is 5.98. The van der Waals surface area contributed by atoms with E-state index in [-0.39, 0.29) is 88.7 Å². The molecule has 1 saturated heterocycles. The predicted molar refractivity (Wildman–Crippen MR) is 203 cm³/mol. The van der Waals surface area contributed by atoms with E-state index in [0.29, 0.717) is 88.9 Å². The molecule has 3 saturated carbocycles. The summed E-state index contributed by atoms with van der Waals surface area (Å²) in [6.45, 7) is 9.86. The molecule has 0 aromatic carbocycles. The number of carboxylic acids is 3. The van der Waals surface area contributed by atoms with E-state index in [1.54, 1.807) is 4.90 Å². The maximum atomic E-state index is 13.6. The second kappa shape index (κ2) is 21.6. The van der Waals surface area contributed by atoms with Gasteiger partial charge in [0.1, 0.15) is 6.61 Å². The number of nitrogens with zero attached hydrogens (tertiary/aromatic N) is 4. The van der Waals surface area contributed by atoms with Crippen LogP contribution in [0.1, 0.15) is 90.9 Å². The van der Waals surface area contributed by atoms with Crippen molar-refractivity contribution in [3.8, 4) is 0 Å². The van der Waals surface area contributed by atoms with E-state index in [2.05, 4.69) is 18.7 Å². The topological polar surface area (TPSA) is 168 Å². The van der Waals surface area contributed by atoms with Crippen molar-refractivity contribution in [1.82, 2.24) is 19.6 Å². The molecule has 5 rings (SSSR count). The molecule has 13 nitrogen and oxygen atoms in total. The first-order chi connectivity index (χ1) is 25.8. The molecule has 0 aromatic heterocycles. The molecule has 0 aromatic rings. The van der Waals surface area contributed by atoms with Crippen LogP contribution < -0.4 is 0 Å². The van der Waals surface area contributed by atoms with E-state index in [4.69, 9.17) is 4.74 Å². The third-order valence-corrected chi connectivity index (χ3v) is 14.1. The average molecular weight is 916 g/mol. The molecule has 4 aliphatic carbocycles. The number of allylic oxidation sites excluding steroid dienone is 1. The minimum Gasteiger partial charge on any atom is -0.480 e. The summed E-state index contributed by atoms with van der Waals surface area (Å²) in [4.78, 5) is 68.0. The maximum absolute atomic E-state index is 13.6. The van der Waals surface area contributed by atoms with Gasteiger partial charge in [-0.1, -0.05) is 32.3 Å². The average Bonchev–Trinajstić information content (AvgIpc) is 3.47. The van der Waals surface area contributed by atoms with Gasteiger partial charge in [-0.25, -0.2) is 0 Å². The zero-order valence-corrected chi connectivity index (χ0v) is 35.5. The number of aliphatic carboxylic acids is 3. The fourth-order valence-corrected chi connectivity index (χ4v) is 11.1. The molecule has 5 aliphatic rings. The van der Waals surface area contributed by atoms with Crippen molar-refractivity contribution < 1.29 is 84.0 Å². The SMILES string of the molecule is C[C@]12CCC(=O)C=C1CCC1C2CC[C@@]2(C)C1CC[C@@H]2C(=O)COCCCCCCN1CCN(CC(=O)O)CCN(CC(=O)O)CCN(CC(=O)O)CC1.[Gd]. The molecule has 55 heavy (non-hydrogen) atoms. The number of hydrogen-bond donors (Lipinski definition) is 3. The number of Topliss-reactive ketones (excluding diaryl/α,β-unsaturated/α-hetero) is 1. The number of ether oxygens (including phenoxy) is 1. The first kappa shape index (κ1) is 46.3. The second-order valence-corrected chi connectivity index (χ2v) is 17.4. The van der Waals surface area contributed by atoms with Crippen LogP contribution in [0.25, 0.3) is 0 Å². The summed E-state index contributed by atoms with van der Waals surface area (Å²) >= 11 is 0. The van der Waals surface area contributed by atoms with E-state index < -0.39 is 17.9 Å². The van der Waals surface area contributed by atoms with Crippen LogP contribution >= 0.6 is 0 Å². The van der Waals surface area contributed by atoms with Crippen molar-refractivity contribution in [3.05, 3.63) is 11.6 Å². The number of hydrogen-bond acceptors (Lipinski definition) is 10. The van der Waals surface area contributed by atoms with Crippen LogP contribution in [0, 0.1) is 74.4 Å². The molecule has 0 bridgehead atoms. The zero-order chi connectivity index (χ0) is 38.9. The molecule has 4 fully saturated rings. The summed E-state index contributed by atoms with van der Waals surface area (Å²) in [5, 5.41) is 28.3. The number of fused-ring (bicyclic) bond motifs is 5. The molecule has 0 spiro atoms. The second-order valence-electron chi connectivity index (χ2n) is 17.4. The van der Waals surface area contributed by atoms with Crippen LogP contribution in [0.4, 0.5) is 0 Å². The van der Waals surface area contributed by atoms with Gasteiger partial charge >= 0.3 is 17.9 Å². The molecule has 6 atom stereocenters. The zero-order valence-electron chi connectivity index (χ0n) is 33.2. The fraction of sp³-hybridized carbons (Fsp3) is 0.829. The van der Waals surface area contributed by atoms with E-state index in [1.165, 1.54) is 5.57 Å². The van der Waals surface area contributed by atoms with Crippen molar-refractivity contribution in [1.29, 1.82) is 0 Å². The third-order valence-electron chi connectivity index (χ3n) is 14.1. The molecule has 1 aliphatic heterocycles. The van der Waals surface area contributed by atoms with Gasteiger partial charge < -0.3 is 25.0 Å². The van der Waals surface area contributed by atoms with Crippen LogP contribution in [0.2, 0.25) is 0 Å². The van der Waals surface area contributed by atoms with E-state index in [0.717, 1.165) is 77.2 Å². The number of unbranched alkanes of at least 4 members (excludes halogenated alkanes) is 3. The Morgan fingerprint density at radius 3 is 1.80 bits per heavy atom. The summed E-state index contributed by atoms with van der Waals surface area (Å²) in [6, 6.07) is 0. The van der Waals surface area contributed by atoms with Crippen LogP contribution in [0.3, 0.4) is 0 Å². The van der Waals surface area contributed by atoms with E-state index in [1.807, 2.05) is 15.9 Å². The molecular weight excluding hydrogens is 850 g/mol. The monoisotopic (exact) mass is 916 g/mol. The first-order valence-electron chi connectivity index (χ1n) is 20.7. The molecule has 312 valence electrons. The van der Waals surface area contributed by atoms with Crippen LogP contribution in [0.15, 0.2) is 11.6 Å². The number of ketones is 2. The molecule has 1 heterocycles. The van der Waals surface area contributed by atoms with E-state index in [9.17, 15) is 39.3 Å². The molecular formula is C41H66GdN4O9. The van der Waals surface area contributed by atoms with Crippen LogP contribution in [-0.2, 0) is 28.7 Å². The van der Waals surface area contributed by atoms with Crippen molar-refractivity contribution in [3.63, 3.8) is 0 Å². The number of carbonyl (C=O) groups is 5. The molecule has 0 radical (unpaired) electrons. The Labute approximate surface area is 359 Å². The third kappa shape index (κ3) is 12.6. The Morgan fingerprint density at radius 1 is 0.691 bits per heavy atom. The number of carbonyl (C=O) groups excluding carboxylic acids is 2. The van der Waals surface area contributed by atoms with Crippen molar-refractivity contribution in [2.75, 3.05) is 91.8 Å². The van der Waals surface area contributed by atoms with Crippen molar-refractivity contribution in [2.45, 2.75) is 90.9 Å². The Hall–Kier alpha value is -1.39. The van der Waals surface area contributed by atoms with Gasteiger partial charge in [0.15, 0.2) is 11.6 Å². The fourth-order valence-electron chi connectivity index (χ4n) is 11.1. The predicted octanol–water partition coefficient (Wildman–Crippen LogP) is 3.76. The molecule has 3 unspecified atom stereocenters. The van der Waals surface area contributed by atoms with Gasteiger partial charge in [-0.15, -0.1) is 0 Å². The molecule has 0 amide bonds. The molecule has 3 N–H and O–H groups in total. The van der Waals surface area contributed by atoms with Gasteiger partial charge in [0.05, 0.1) is 19.6 Å². The Kier molecular flexibility index (Phi) is 18.2. The van der Waals surface area contributed by atoms with Gasteiger partial charge in [-0.3, -0.25) is 38.7 Å². The summed E-state index contributed by atoms with van der Waals surface area (Å²) in [5.74, 6) is -0.340. The first-order valence-corrected chi connectivity index (χ1v) is 20.7. The quantitative estimate of drug-likeness (QED) is 0.192. The van der Waals surface area contributed by atoms with Gasteiger partial charge in [-0.2, -0.15) is 0 Å². The Bertz CT molecular complexity index is 1350. The van der Waals surface area contributed by atoms with Crippen LogP contribution in [-0.4, -0.2) is 156 Å².